The Bertz CT molecular complexity index is 4720. The number of aromatic hydroxyl groups is 3. The molecule has 121 heavy (non-hydrogen) atoms. The lowest BCUT2D eigenvalue weighted by Gasteiger charge is -2.54. The number of carbonyl (C=O) groups is 9. The fourth-order valence-electron chi connectivity index (χ4n) is 18.2. The molecule has 2 saturated heterocycles. The molecule has 5 aromatic carbocycles. The van der Waals surface area contributed by atoms with E-state index in [4.69, 9.17) is 57.4 Å². The molecular formula is C85H106Cl2N10O24. The molecule has 0 aromatic heterocycles. The number of imide groups is 1. The van der Waals surface area contributed by atoms with Crippen molar-refractivity contribution in [2.24, 2.45) is 35.3 Å². The number of halogens is 2. The summed E-state index contributed by atoms with van der Waals surface area (Å²) in [5, 5.41) is 130. The van der Waals surface area contributed by atoms with Crippen LogP contribution in [0.1, 0.15) is 189 Å². The lowest BCUT2D eigenvalue weighted by Crippen LogP contribution is -2.64. The van der Waals surface area contributed by atoms with Gasteiger partial charge in [0.05, 0.1) is 41.3 Å². The van der Waals surface area contributed by atoms with Crippen LogP contribution in [0.4, 0.5) is 0 Å². The van der Waals surface area contributed by atoms with E-state index in [0.29, 0.717) is 24.7 Å². The van der Waals surface area contributed by atoms with Crippen molar-refractivity contribution in [1.29, 1.82) is 0 Å². The van der Waals surface area contributed by atoms with Crippen LogP contribution in [0.15, 0.2) is 78.9 Å². The van der Waals surface area contributed by atoms with Crippen LogP contribution in [0.5, 0.6) is 46.0 Å². The first-order valence-electron chi connectivity index (χ1n) is 41.2. The monoisotopic (exact) mass is 1720 g/mol. The van der Waals surface area contributed by atoms with Crippen molar-refractivity contribution in [2.75, 3.05) is 13.7 Å². The van der Waals surface area contributed by atoms with Gasteiger partial charge in [-0.25, -0.2) is 0 Å². The van der Waals surface area contributed by atoms with Gasteiger partial charge in [0.25, 0.3) is 0 Å². The number of ether oxygens (including phenoxy) is 6. The molecule has 7 heterocycles. The number of benzene rings is 5. The Hall–Kier alpha value is -9.53. The van der Waals surface area contributed by atoms with Gasteiger partial charge in [0.2, 0.25) is 65.2 Å². The van der Waals surface area contributed by atoms with Gasteiger partial charge in [-0.15, -0.1) is 0 Å². The van der Waals surface area contributed by atoms with Gasteiger partial charge in [-0.1, -0.05) is 94.3 Å². The van der Waals surface area contributed by atoms with Crippen molar-refractivity contribution in [2.45, 2.75) is 246 Å². The quantitative estimate of drug-likeness (QED) is 0.0436. The molecule has 16 unspecified atom stereocenters. The Balaban J connectivity index is 1.01. The van der Waals surface area contributed by atoms with E-state index in [-0.39, 0.29) is 93.0 Å². The van der Waals surface area contributed by atoms with Crippen LogP contribution in [-0.2, 0) is 57.4 Å². The van der Waals surface area contributed by atoms with Crippen LogP contribution >= 0.6 is 23.2 Å². The van der Waals surface area contributed by atoms with E-state index < -0.39 is 221 Å². The molecule has 20 N–H and O–H groups in total. The van der Waals surface area contributed by atoms with Gasteiger partial charge in [0.15, 0.2) is 23.9 Å². The molecular weight excluding hydrogens is 1620 g/mol. The van der Waals surface area contributed by atoms with E-state index in [1.54, 1.807) is 0 Å². The van der Waals surface area contributed by atoms with E-state index >= 15 is 28.8 Å². The predicted molar refractivity (Wildman–Crippen MR) is 433 cm³/mol. The summed E-state index contributed by atoms with van der Waals surface area (Å²) >= 11 is 14.5. The number of likely N-dealkylation sites (N-methyl/N-ethyl adjacent to an activating group) is 1. The van der Waals surface area contributed by atoms with Crippen LogP contribution in [-0.4, -0.2) is 198 Å². The highest BCUT2D eigenvalue weighted by atomic mass is 35.5. The molecule has 5 aromatic rings. The average molecular weight is 1720 g/mol. The molecule has 9 amide bonds. The Morgan fingerprint density at radius 1 is 0.653 bits per heavy atom. The predicted octanol–water partition coefficient (Wildman–Crippen LogP) is 4.87. The van der Waals surface area contributed by atoms with E-state index in [1.165, 1.54) is 45.2 Å². The number of rotatable bonds is 21. The lowest BCUT2D eigenvalue weighted by atomic mass is 9.54. The maximum Gasteiger partial charge on any atom is 0.248 e. The SMILES string of the molecule is CCCCCCCCC(=O)NC(=O)CC1NC(=O)C(NC(=O)C(CC(C)C)NC)C(O)c2ccc(c(Cl)c2)Oc2cc3cc(c2OC2OC(CO)C(O)C(O)C2OC2C[C@](C)(N)C(O)C(C)O2)Oc2ccc(cc2Cl)C(O)C2NC(=O)C(NC(=O)C3NC1=O)c1ccc(O)c(c1)-c1c(O)cc(O)cc1[C@@H](C(=O)NC1C3CC4CC(C3)CC1C4)NC2=O. The third kappa shape index (κ3) is 19.8. The number of fused-ring (bicyclic) bond motifs is 15. The van der Waals surface area contributed by atoms with Gasteiger partial charge in [0, 0.05) is 41.6 Å². The van der Waals surface area contributed by atoms with Crippen molar-refractivity contribution >= 4 is 76.4 Å². The average Bonchev–Trinajstić information content (AvgIpc) is 0.761. The number of aliphatic hydroxyl groups excluding tert-OH is 6. The number of amides is 9. The third-order valence-corrected chi connectivity index (χ3v) is 24.9. The number of carbonyl (C=O) groups excluding carboxylic acids is 9. The van der Waals surface area contributed by atoms with Gasteiger partial charge in [-0.05, 0) is 178 Å². The molecule has 34 nitrogen and oxygen atoms in total. The molecule has 0 radical (unpaired) electrons. The first-order chi connectivity index (χ1) is 57.6. The van der Waals surface area contributed by atoms with Crippen molar-refractivity contribution in [3.8, 4) is 57.1 Å². The van der Waals surface area contributed by atoms with Crippen molar-refractivity contribution < 1.29 is 118 Å². The second kappa shape index (κ2) is 37.7. The number of nitrogens with two attached hydrogens (primary N) is 1. The normalized spacial score (nSPS) is 31.0. The number of nitrogens with one attached hydrogen (secondary N) is 9. The van der Waals surface area contributed by atoms with Crippen LogP contribution in [0.25, 0.3) is 11.1 Å². The van der Waals surface area contributed by atoms with E-state index in [1.807, 2.05) is 20.8 Å². The highest BCUT2D eigenvalue weighted by molar-refractivity contribution is 6.32. The standard InChI is InChI=1S/C85H106Cl2N10O24/c1-7-8-9-10-11-12-13-60(102)91-61(103)33-52-78(110)93-66-45-29-57(117-55-18-15-41(27-49(55)86)70(104)68(82(114)90-52)96-77(109)51(89-6)20-36(2)3)74(121-84-75(73(107)72(106)59(35-98)119-84)120-62-34-85(5,88)76(108)37(4)116-62)58(30-45)118-56-19-16-42(28-50(56)87)71(105)69-83(115)95-67(81(113)92-64-43-22-38-21-39(24-43)25-44(64)23-38)48-31-46(99)32-54(101)63(48)47-26-40(14-17-53(47)100)65(79(111)97-69)94-80(66)112/h14-19,26-32,36-39,43-44,51-52,59,62,64-73,75-76,84,89,98-101,104-108H,7-13,20-25,33-35,88H2,1-6H3,(H,90,114)(H,92,113)(H,93,110)(H,94,112)(H,95,115)(H,96,109)(H,97,111)(H,91,102,103)/t37?,38?,39?,43?,44?,51?,52?,59?,62?,64?,65?,66?,67-,68?,69?,70?,71?,72?,73?,75?,76?,84?,85-/m0/s1. The summed E-state index contributed by atoms with van der Waals surface area (Å²) in [7, 11) is 1.49. The molecule has 36 heteroatoms. The minimum atomic E-state index is -2.38. The van der Waals surface area contributed by atoms with Crippen LogP contribution in [0.2, 0.25) is 10.0 Å². The van der Waals surface area contributed by atoms with E-state index in [2.05, 4.69) is 47.9 Å². The maximum absolute atomic E-state index is 16.6. The van der Waals surface area contributed by atoms with Crippen LogP contribution in [0.3, 0.4) is 0 Å². The Labute approximate surface area is 707 Å². The smallest absolute Gasteiger partial charge is 0.248 e. The number of aliphatic hydroxyl groups is 6. The summed E-state index contributed by atoms with van der Waals surface area (Å²) in [5.41, 5.74) is 3.03. The molecule has 15 bridgehead atoms. The summed E-state index contributed by atoms with van der Waals surface area (Å²) < 4.78 is 39.0. The van der Waals surface area contributed by atoms with E-state index in [0.717, 1.165) is 112 Å². The summed E-state index contributed by atoms with van der Waals surface area (Å²) in [6, 6.07) is 0.237. The fraction of sp³-hybridized carbons (Fsp3) is 0.541. The van der Waals surface area contributed by atoms with Gasteiger partial charge in [-0.3, -0.25) is 48.5 Å². The highest BCUT2D eigenvalue weighted by Gasteiger charge is 2.53. The lowest BCUT2D eigenvalue weighted by molar-refractivity contribution is -0.333. The summed E-state index contributed by atoms with van der Waals surface area (Å²) in [4.78, 5) is 138. The van der Waals surface area contributed by atoms with Gasteiger partial charge in [0.1, 0.15) is 95.5 Å². The molecule has 11 aliphatic rings. The zero-order valence-corrected chi connectivity index (χ0v) is 69.1. The van der Waals surface area contributed by atoms with Crippen LogP contribution in [0, 0.1) is 29.6 Å². The zero-order chi connectivity index (χ0) is 86.9. The van der Waals surface area contributed by atoms with Crippen molar-refractivity contribution in [3.05, 3.63) is 117 Å². The van der Waals surface area contributed by atoms with Crippen LogP contribution < -0.4 is 67.8 Å². The molecule has 7 aliphatic heterocycles. The van der Waals surface area contributed by atoms with Gasteiger partial charge < -0.3 is 123 Å². The minimum Gasteiger partial charge on any atom is -0.508 e. The van der Waals surface area contributed by atoms with Crippen molar-refractivity contribution in [3.63, 3.8) is 0 Å². The number of hydrogen-bond acceptors (Lipinski definition) is 26. The Morgan fingerprint density at radius 2 is 1.26 bits per heavy atom. The largest absolute Gasteiger partial charge is 0.508 e. The van der Waals surface area contributed by atoms with Gasteiger partial charge in [-0.2, -0.15) is 0 Å². The van der Waals surface area contributed by atoms with E-state index in [9.17, 15) is 60.3 Å². The second-order valence-electron chi connectivity index (χ2n) is 33.9. The minimum absolute atomic E-state index is 0.0631. The first-order valence-corrected chi connectivity index (χ1v) is 41.9. The number of unbranched alkanes of at least 4 members (excludes halogenated alkanes) is 5. The number of phenols is 3. The molecule has 16 rings (SSSR count). The highest BCUT2D eigenvalue weighted by Crippen LogP contribution is 2.55. The summed E-state index contributed by atoms with van der Waals surface area (Å²) in [6.07, 6.45) is -9.81. The summed E-state index contributed by atoms with van der Waals surface area (Å²) in [5.74, 6) is -14.0. The summed E-state index contributed by atoms with van der Waals surface area (Å²) in [6.45, 7) is 7.76. The topological polar surface area (TPSA) is 525 Å². The zero-order valence-electron chi connectivity index (χ0n) is 67.6. The molecule has 4 saturated carbocycles. The molecule has 18 atom stereocenters. The molecule has 6 fully saturated rings. The number of hydrogen-bond donors (Lipinski definition) is 19. The van der Waals surface area contributed by atoms with Gasteiger partial charge >= 0.3 is 0 Å². The Kier molecular flexibility index (Phi) is 27.8. The molecule has 4 aliphatic carbocycles. The fourth-order valence-corrected chi connectivity index (χ4v) is 18.7. The second-order valence-corrected chi connectivity index (χ2v) is 34.7. The molecule has 654 valence electrons. The third-order valence-electron chi connectivity index (χ3n) is 24.3. The van der Waals surface area contributed by atoms with Crippen molar-refractivity contribution in [1.82, 2.24) is 47.9 Å². The maximum atomic E-state index is 16.6. The first kappa shape index (κ1) is 89.2. The Morgan fingerprint density at radius 3 is 1.88 bits per heavy atom. The number of phenolic OH excluding ortho intramolecular Hbond substituents is 3. The molecule has 0 spiro atoms.